The smallest absolute Gasteiger partial charge is 0.153 e. The summed E-state index contributed by atoms with van der Waals surface area (Å²) in [6.07, 6.45) is 12.6. The Kier molecular flexibility index (Phi) is 9.63. The van der Waals surface area contributed by atoms with E-state index in [2.05, 4.69) is 26.2 Å². The molecule has 1 unspecified atom stereocenters. The van der Waals surface area contributed by atoms with Gasteiger partial charge >= 0.3 is 0 Å². The molecular weight excluding hydrogens is 336 g/mol. The monoisotopic (exact) mass is 370 g/mol. The van der Waals surface area contributed by atoms with Gasteiger partial charge in [-0.15, -0.1) is 6.58 Å². The molecule has 0 saturated heterocycles. The normalized spacial score (nSPS) is 12.6. The zero-order chi connectivity index (χ0) is 20.3. The number of allylic oxidation sites excluding steroid dienone is 2. The third-order valence-electron chi connectivity index (χ3n) is 4.51. The van der Waals surface area contributed by atoms with Crippen LogP contribution < -0.4 is 4.74 Å². The van der Waals surface area contributed by atoms with Crippen molar-refractivity contribution in [3.63, 3.8) is 0 Å². The predicted molar refractivity (Wildman–Crippen MR) is 113 cm³/mol. The van der Waals surface area contributed by atoms with Crippen molar-refractivity contribution < 1.29 is 14.3 Å². The molecule has 0 amide bonds. The quantitative estimate of drug-likeness (QED) is 0.225. The zero-order valence-electron chi connectivity index (χ0n) is 17.3. The fourth-order valence-electron chi connectivity index (χ4n) is 3.14. The third kappa shape index (κ3) is 7.09. The molecule has 0 fully saturated rings. The van der Waals surface area contributed by atoms with Gasteiger partial charge in [-0.2, -0.15) is 0 Å². The van der Waals surface area contributed by atoms with Crippen molar-refractivity contribution >= 4 is 6.29 Å². The number of aryl methyl sites for hydroxylation is 1. The van der Waals surface area contributed by atoms with Crippen LogP contribution in [0.5, 0.6) is 5.75 Å². The number of ether oxygens (including phenoxy) is 2. The summed E-state index contributed by atoms with van der Waals surface area (Å²) in [5.41, 5.74) is 1.75. The van der Waals surface area contributed by atoms with Crippen LogP contribution in [-0.4, -0.2) is 12.9 Å². The fourth-order valence-corrected chi connectivity index (χ4v) is 3.14. The second-order valence-electron chi connectivity index (χ2n) is 7.36. The van der Waals surface area contributed by atoms with Gasteiger partial charge in [-0.25, -0.2) is 0 Å². The van der Waals surface area contributed by atoms with E-state index in [-0.39, 0.29) is 0 Å². The summed E-state index contributed by atoms with van der Waals surface area (Å²) in [5.74, 6) is 1.16. The van der Waals surface area contributed by atoms with E-state index in [1.54, 1.807) is 12.3 Å². The maximum absolute atomic E-state index is 11.5. The van der Waals surface area contributed by atoms with Gasteiger partial charge in [0.2, 0.25) is 0 Å². The van der Waals surface area contributed by atoms with Gasteiger partial charge < -0.3 is 9.47 Å². The molecule has 1 aromatic carbocycles. The molecule has 0 aliphatic carbocycles. The molecule has 1 aromatic rings. The summed E-state index contributed by atoms with van der Waals surface area (Å²) in [7, 11) is 0. The van der Waals surface area contributed by atoms with E-state index >= 15 is 0 Å². The highest BCUT2D eigenvalue weighted by atomic mass is 16.5. The first-order chi connectivity index (χ1) is 12.9. The van der Waals surface area contributed by atoms with E-state index in [0.717, 1.165) is 30.3 Å². The van der Waals surface area contributed by atoms with Crippen LogP contribution in [0.1, 0.15) is 67.9 Å². The molecule has 0 heterocycles. The Morgan fingerprint density at radius 1 is 1.19 bits per heavy atom. The van der Waals surface area contributed by atoms with Crippen molar-refractivity contribution in [2.75, 3.05) is 6.61 Å². The molecule has 0 spiro atoms. The molecule has 0 N–H and O–H groups in total. The molecule has 0 radical (unpaired) electrons. The van der Waals surface area contributed by atoms with E-state index in [0.29, 0.717) is 23.8 Å². The number of rotatable bonds is 13. The fraction of sp³-hybridized carbons (Fsp3) is 0.458. The first kappa shape index (κ1) is 22.8. The van der Waals surface area contributed by atoms with Crippen molar-refractivity contribution in [3.05, 3.63) is 66.5 Å². The molecule has 3 heteroatoms. The van der Waals surface area contributed by atoms with Crippen LogP contribution in [0.3, 0.4) is 0 Å². The number of carbonyl (C=O) groups is 1. The van der Waals surface area contributed by atoms with Crippen molar-refractivity contribution in [3.8, 4) is 5.75 Å². The van der Waals surface area contributed by atoms with Crippen LogP contribution in [0.4, 0.5) is 0 Å². The lowest BCUT2D eigenvalue weighted by molar-refractivity contribution is 0.0516. The van der Waals surface area contributed by atoms with Crippen LogP contribution in [0, 0.1) is 12.8 Å². The van der Waals surface area contributed by atoms with Crippen LogP contribution >= 0.6 is 0 Å². The highest BCUT2D eigenvalue weighted by molar-refractivity contribution is 5.81. The van der Waals surface area contributed by atoms with E-state index in [1.165, 1.54) is 12.8 Å². The second kappa shape index (κ2) is 11.4. The molecule has 0 aliphatic rings. The molecule has 0 bridgehead atoms. The van der Waals surface area contributed by atoms with Crippen LogP contribution in [0.15, 0.2) is 49.8 Å². The first-order valence-electron chi connectivity index (χ1n) is 9.67. The number of benzene rings is 1. The van der Waals surface area contributed by atoms with Crippen molar-refractivity contribution in [2.24, 2.45) is 5.92 Å². The van der Waals surface area contributed by atoms with Gasteiger partial charge in [0.05, 0.1) is 11.8 Å². The molecule has 1 atom stereocenters. The summed E-state index contributed by atoms with van der Waals surface area (Å²) >= 11 is 0. The summed E-state index contributed by atoms with van der Waals surface area (Å²) < 4.78 is 11.9. The average molecular weight is 371 g/mol. The van der Waals surface area contributed by atoms with Crippen LogP contribution in [0.2, 0.25) is 0 Å². The zero-order valence-corrected chi connectivity index (χ0v) is 17.3. The lowest BCUT2D eigenvalue weighted by Crippen LogP contribution is -2.21. The standard InChI is InChI=1S/C24H34O3/c1-7-11-20(12-8-2)13-10-15-27-24(5,6)22-17-19(4)16-21(18-25)23(22)26-14-9-3/h7,9-10,15-18,20H,1,3,8,11-14H2,2,4-6H3. The van der Waals surface area contributed by atoms with Gasteiger partial charge in [0.1, 0.15) is 18.0 Å². The molecule has 148 valence electrons. The highest BCUT2D eigenvalue weighted by Crippen LogP contribution is 2.36. The minimum Gasteiger partial charge on any atom is -0.491 e. The summed E-state index contributed by atoms with van der Waals surface area (Å²) in [5, 5.41) is 0. The average Bonchev–Trinajstić information content (AvgIpc) is 2.63. The number of carbonyl (C=O) groups excluding carboxylic acids is 1. The van der Waals surface area contributed by atoms with Crippen molar-refractivity contribution in [1.82, 2.24) is 0 Å². The third-order valence-corrected chi connectivity index (χ3v) is 4.51. The van der Waals surface area contributed by atoms with Crippen LogP contribution in [0.25, 0.3) is 0 Å². The highest BCUT2D eigenvalue weighted by Gasteiger charge is 2.27. The Bertz CT molecular complexity index is 656. The summed E-state index contributed by atoms with van der Waals surface area (Å²) in [6.45, 7) is 16.0. The Labute approximate surface area is 164 Å². The largest absolute Gasteiger partial charge is 0.491 e. The number of hydrogen-bond acceptors (Lipinski definition) is 3. The summed E-state index contributed by atoms with van der Waals surface area (Å²) in [6, 6.07) is 3.84. The molecule has 3 nitrogen and oxygen atoms in total. The van der Waals surface area contributed by atoms with E-state index in [4.69, 9.17) is 9.47 Å². The minimum atomic E-state index is -0.629. The molecule has 1 rings (SSSR count). The second-order valence-corrected chi connectivity index (χ2v) is 7.36. The van der Waals surface area contributed by atoms with E-state index < -0.39 is 5.60 Å². The van der Waals surface area contributed by atoms with Gasteiger partial charge in [-0.05, 0) is 63.3 Å². The Hall–Kier alpha value is -2.29. The summed E-state index contributed by atoms with van der Waals surface area (Å²) in [4.78, 5) is 11.5. The topological polar surface area (TPSA) is 35.5 Å². The number of hydrogen-bond donors (Lipinski definition) is 0. The number of aldehydes is 1. The molecule has 0 saturated carbocycles. The minimum absolute atomic E-state index is 0.336. The van der Waals surface area contributed by atoms with Gasteiger partial charge in [-0.3, -0.25) is 4.79 Å². The molecule has 27 heavy (non-hydrogen) atoms. The van der Waals surface area contributed by atoms with Gasteiger partial charge in [0.15, 0.2) is 6.29 Å². The first-order valence-corrected chi connectivity index (χ1v) is 9.67. The Balaban J connectivity index is 2.99. The predicted octanol–water partition coefficient (Wildman–Crippen LogP) is 6.52. The maximum Gasteiger partial charge on any atom is 0.153 e. The molecular formula is C24H34O3. The van der Waals surface area contributed by atoms with E-state index in [1.807, 2.05) is 39.0 Å². The van der Waals surface area contributed by atoms with E-state index in [9.17, 15) is 4.79 Å². The van der Waals surface area contributed by atoms with Crippen LogP contribution in [-0.2, 0) is 10.3 Å². The van der Waals surface area contributed by atoms with Gasteiger partial charge in [-0.1, -0.05) is 38.5 Å². The Morgan fingerprint density at radius 2 is 1.93 bits per heavy atom. The van der Waals surface area contributed by atoms with Gasteiger partial charge in [0, 0.05) is 5.56 Å². The molecule has 0 aliphatic heterocycles. The van der Waals surface area contributed by atoms with Gasteiger partial charge in [0.25, 0.3) is 0 Å². The Morgan fingerprint density at radius 3 is 2.52 bits per heavy atom. The van der Waals surface area contributed by atoms with Crippen molar-refractivity contribution in [1.29, 1.82) is 0 Å². The lowest BCUT2D eigenvalue weighted by Gasteiger charge is -2.28. The maximum atomic E-state index is 11.5. The lowest BCUT2D eigenvalue weighted by atomic mass is 9.92. The van der Waals surface area contributed by atoms with Crippen molar-refractivity contribution in [2.45, 2.75) is 59.0 Å². The SMILES string of the molecule is C=CCOc1c(C=O)cc(C)cc1C(C)(C)OC=CCC(CC=C)CCC. The molecule has 0 aromatic heterocycles.